The summed E-state index contributed by atoms with van der Waals surface area (Å²) in [6.45, 7) is 7.10. The molecule has 1 fully saturated rings. The fourth-order valence-corrected chi connectivity index (χ4v) is 7.24. The van der Waals surface area contributed by atoms with Gasteiger partial charge in [-0.2, -0.15) is 26.3 Å². The monoisotopic (exact) mass is 570 g/mol. The molecule has 1 rings (SSSR count). The van der Waals surface area contributed by atoms with E-state index in [1.165, 1.54) is 32.4 Å². The third-order valence-electron chi connectivity index (χ3n) is 5.82. The van der Waals surface area contributed by atoms with E-state index in [2.05, 4.69) is 20.9 Å². The molecule has 206 valence electrons. The predicted molar refractivity (Wildman–Crippen MR) is 113 cm³/mol. The predicted octanol–water partition coefficient (Wildman–Crippen LogP) is 3.37. The van der Waals surface area contributed by atoms with Gasteiger partial charge in [0.25, 0.3) is 0 Å². The van der Waals surface area contributed by atoms with Gasteiger partial charge in [0.05, 0.1) is 20.1 Å². The highest BCUT2D eigenvalue weighted by atomic mass is 32.3. The molecule has 1 aliphatic rings. The highest BCUT2D eigenvalue weighted by Gasteiger charge is 2.48. The number of sulfonamides is 2. The summed E-state index contributed by atoms with van der Waals surface area (Å²) in [6, 6.07) is 0. The minimum atomic E-state index is -6.72. The molecule has 1 aliphatic heterocycles. The van der Waals surface area contributed by atoms with Gasteiger partial charge >= 0.3 is 19.8 Å². The van der Waals surface area contributed by atoms with E-state index >= 15 is 0 Å². The second-order valence-corrected chi connectivity index (χ2v) is 14.5. The molecule has 0 saturated carbocycles. The molecule has 34 heavy (non-hydrogen) atoms. The van der Waals surface area contributed by atoms with E-state index in [0.29, 0.717) is 0 Å². The lowest BCUT2D eigenvalue weighted by Gasteiger charge is -2.44. The molecule has 0 aromatic carbocycles. The van der Waals surface area contributed by atoms with Gasteiger partial charge in [-0.15, -0.1) is 0 Å². The Morgan fingerprint density at radius 2 is 1.26 bits per heavy atom. The summed E-state index contributed by atoms with van der Waals surface area (Å²) in [4.78, 5) is 0. The molecule has 0 N–H and O–H groups in total. The van der Waals surface area contributed by atoms with E-state index in [9.17, 15) is 43.2 Å². The van der Waals surface area contributed by atoms with E-state index in [1.807, 2.05) is 0 Å². The standard InChI is InChI=1S/C14H32NO3Si.C2F6NO4S2/c1-7-13(2)14-8-10-15(3,11-9-14)12-19(16-4,17-5)18-6;3-1(4,5)14(10,11)9-15(12,13)2(6,7)8/h13-14H,7-12H2,1-6H3;/q+1;-1. The Morgan fingerprint density at radius 1 is 0.912 bits per heavy atom. The van der Waals surface area contributed by atoms with E-state index < -0.39 is 39.9 Å². The second-order valence-electron chi connectivity index (χ2n) is 8.16. The molecule has 1 heterocycles. The van der Waals surface area contributed by atoms with Crippen molar-refractivity contribution < 1.29 is 60.9 Å². The van der Waals surface area contributed by atoms with Crippen LogP contribution in [0, 0.1) is 11.8 Å². The van der Waals surface area contributed by atoms with Crippen LogP contribution in [0.3, 0.4) is 0 Å². The van der Waals surface area contributed by atoms with Gasteiger partial charge in [-0.05, 0) is 24.7 Å². The number of likely N-dealkylation sites (tertiary alicyclic amines) is 1. The normalized spacial score (nSPS) is 23.7. The molecule has 1 saturated heterocycles. The van der Waals surface area contributed by atoms with Crippen LogP contribution in [0.5, 0.6) is 0 Å². The molecule has 1 unspecified atom stereocenters. The molecule has 0 radical (unpaired) electrons. The lowest BCUT2D eigenvalue weighted by molar-refractivity contribution is -0.908. The first-order chi connectivity index (χ1) is 15.1. The fraction of sp³-hybridized carbons (Fsp3) is 1.00. The summed E-state index contributed by atoms with van der Waals surface area (Å²) in [5.74, 6) is 1.74. The van der Waals surface area contributed by atoms with Crippen LogP contribution < -0.4 is 0 Å². The Balaban J connectivity index is 0.000000661. The van der Waals surface area contributed by atoms with Crippen molar-refractivity contribution in [2.45, 2.75) is 44.1 Å². The number of piperidine rings is 1. The van der Waals surface area contributed by atoms with Crippen LogP contribution in [0.15, 0.2) is 0 Å². The molecule has 18 heteroatoms. The zero-order chi connectivity index (χ0) is 27.2. The number of alkyl halides is 6. The quantitative estimate of drug-likeness (QED) is 0.238. The van der Waals surface area contributed by atoms with Crippen LogP contribution in [0.1, 0.15) is 33.1 Å². The lowest BCUT2D eigenvalue weighted by atomic mass is 9.83. The minimum absolute atomic E-state index is 0.778. The van der Waals surface area contributed by atoms with E-state index in [0.717, 1.165) is 26.6 Å². The van der Waals surface area contributed by atoms with E-state index in [-0.39, 0.29) is 0 Å². The zero-order valence-corrected chi connectivity index (χ0v) is 22.4. The average molecular weight is 571 g/mol. The van der Waals surface area contributed by atoms with Crippen LogP contribution >= 0.6 is 0 Å². The molecule has 0 aliphatic carbocycles. The third-order valence-corrected chi connectivity index (χ3v) is 11.6. The first kappa shape index (κ1) is 33.5. The first-order valence-electron chi connectivity index (χ1n) is 10.0. The lowest BCUT2D eigenvalue weighted by Crippen LogP contribution is -2.62. The Labute approximate surface area is 197 Å². The second kappa shape index (κ2) is 12.2. The van der Waals surface area contributed by atoms with Crippen LogP contribution in [0.2, 0.25) is 0 Å². The molecular weight excluding hydrogens is 538 g/mol. The molecule has 9 nitrogen and oxygen atoms in total. The van der Waals surface area contributed by atoms with Gasteiger partial charge < -0.3 is 21.9 Å². The molecule has 0 aromatic rings. The molecular formula is C16H32F6N2O7S2Si. The number of hydrogen-bond acceptors (Lipinski definition) is 7. The number of halogens is 6. The Bertz CT molecular complexity index is 791. The van der Waals surface area contributed by atoms with Gasteiger partial charge in [-0.1, -0.05) is 20.3 Å². The van der Waals surface area contributed by atoms with Crippen molar-refractivity contribution in [2.24, 2.45) is 11.8 Å². The Kier molecular flexibility index (Phi) is 12.0. The number of hydrogen-bond donors (Lipinski definition) is 0. The van der Waals surface area contributed by atoms with Gasteiger partial charge in [0, 0.05) is 21.3 Å². The number of quaternary nitrogens is 1. The van der Waals surface area contributed by atoms with Crippen molar-refractivity contribution in [3.63, 3.8) is 0 Å². The van der Waals surface area contributed by atoms with Crippen LogP contribution in [-0.4, -0.2) is 88.8 Å². The highest BCUT2D eigenvalue weighted by molar-refractivity contribution is 8.13. The third kappa shape index (κ3) is 9.18. The molecule has 0 amide bonds. The molecule has 1 atom stereocenters. The molecule has 0 bridgehead atoms. The summed E-state index contributed by atoms with van der Waals surface area (Å²) in [7, 11) is -8.48. The van der Waals surface area contributed by atoms with Crippen molar-refractivity contribution >= 4 is 28.9 Å². The van der Waals surface area contributed by atoms with Crippen molar-refractivity contribution in [3.05, 3.63) is 4.13 Å². The average Bonchev–Trinajstić information content (AvgIpc) is 2.70. The largest absolute Gasteiger partial charge is 0.558 e. The maximum Gasteiger partial charge on any atom is 0.558 e. The summed E-state index contributed by atoms with van der Waals surface area (Å²) >= 11 is 0. The van der Waals surface area contributed by atoms with Crippen molar-refractivity contribution in [1.82, 2.24) is 0 Å². The summed E-state index contributed by atoms with van der Waals surface area (Å²) in [6.07, 6.45) is 4.80. The maximum absolute atomic E-state index is 11.4. The summed E-state index contributed by atoms with van der Waals surface area (Å²) < 4.78 is 127. The van der Waals surface area contributed by atoms with Gasteiger partial charge in [0.1, 0.15) is 6.17 Å². The van der Waals surface area contributed by atoms with Gasteiger partial charge in [-0.3, -0.25) is 0 Å². The Hall–Kier alpha value is -0.503. The van der Waals surface area contributed by atoms with Crippen LogP contribution in [0.25, 0.3) is 4.13 Å². The molecule has 0 spiro atoms. The smallest absolute Gasteiger partial charge is 0.421 e. The molecule has 0 aromatic heterocycles. The van der Waals surface area contributed by atoms with E-state index in [4.69, 9.17) is 13.3 Å². The van der Waals surface area contributed by atoms with Crippen molar-refractivity contribution in [2.75, 3.05) is 47.6 Å². The first-order valence-corrected chi connectivity index (χ1v) is 14.8. The van der Waals surface area contributed by atoms with Crippen molar-refractivity contribution in [3.8, 4) is 0 Å². The van der Waals surface area contributed by atoms with Gasteiger partial charge in [-0.25, -0.2) is 16.8 Å². The summed E-state index contributed by atoms with van der Waals surface area (Å²) in [5.41, 5.74) is -12.4. The number of nitrogens with zero attached hydrogens (tertiary/aromatic N) is 2. The fourth-order valence-electron chi connectivity index (χ4n) is 3.40. The Morgan fingerprint density at radius 3 is 1.53 bits per heavy atom. The van der Waals surface area contributed by atoms with Gasteiger partial charge in [0.2, 0.25) is 0 Å². The van der Waals surface area contributed by atoms with Gasteiger partial charge in [0.15, 0.2) is 20.0 Å². The van der Waals surface area contributed by atoms with Crippen molar-refractivity contribution in [1.29, 1.82) is 0 Å². The summed E-state index contributed by atoms with van der Waals surface area (Å²) in [5, 5.41) is 0. The maximum atomic E-state index is 11.4. The SMILES string of the molecule is CCC(C)C1CC[N+](C)(C[Si](OC)(OC)OC)CC1.O=S(=O)([N-]S(=O)(=O)C(F)(F)F)C(F)(F)F. The van der Waals surface area contributed by atoms with Crippen LogP contribution in [0.4, 0.5) is 26.3 Å². The topological polar surface area (TPSA) is 110 Å². The van der Waals surface area contributed by atoms with E-state index in [1.54, 1.807) is 21.3 Å². The number of rotatable bonds is 9. The zero-order valence-electron chi connectivity index (χ0n) is 19.7. The highest BCUT2D eigenvalue weighted by Crippen LogP contribution is 2.36. The minimum Gasteiger partial charge on any atom is -0.421 e. The van der Waals surface area contributed by atoms with Crippen LogP contribution in [-0.2, 0) is 33.3 Å².